The molecular weight excluding hydrogens is 1760 g/mol. The number of fused-ring (bicyclic) bond motifs is 6. The number of nitrogens with zero attached hydrogens (tertiary/aromatic N) is 8. The summed E-state index contributed by atoms with van der Waals surface area (Å²) >= 11 is 0. The van der Waals surface area contributed by atoms with Crippen molar-refractivity contribution in [3.8, 4) is 196 Å². The van der Waals surface area contributed by atoms with Crippen molar-refractivity contribution in [2.45, 2.75) is 0 Å². The zero-order chi connectivity index (χ0) is 96.6. The van der Waals surface area contributed by atoms with Crippen molar-refractivity contribution < 1.29 is 0 Å². The number of pyridine rings is 1. The van der Waals surface area contributed by atoms with Gasteiger partial charge in [-0.2, -0.15) is 0 Å². The summed E-state index contributed by atoms with van der Waals surface area (Å²) in [5, 5.41) is 9.57. The Morgan fingerprint density at radius 1 is 0.131 bits per heavy atom. The Bertz CT molecular complexity index is 8870. The van der Waals surface area contributed by atoms with Crippen LogP contribution in [0.1, 0.15) is 0 Å². The van der Waals surface area contributed by atoms with Gasteiger partial charge in [0.2, 0.25) is 0 Å². The minimum atomic E-state index is 0.703. The van der Waals surface area contributed by atoms with Gasteiger partial charge in [0.05, 0.1) is 45.2 Å². The smallest absolute Gasteiger partial charge is 0.160 e. The highest BCUT2D eigenvalue weighted by atomic mass is 15.0. The van der Waals surface area contributed by atoms with Crippen LogP contribution >= 0.6 is 0 Å². The van der Waals surface area contributed by atoms with Crippen LogP contribution in [-0.4, -0.2) is 39.5 Å². The molecule has 0 bridgehead atoms. The van der Waals surface area contributed by atoms with Crippen molar-refractivity contribution in [3.63, 3.8) is 0 Å². The van der Waals surface area contributed by atoms with Gasteiger partial charge in [0.15, 0.2) is 17.5 Å². The van der Waals surface area contributed by atoms with E-state index in [-0.39, 0.29) is 0 Å². The van der Waals surface area contributed by atoms with Crippen LogP contribution in [0.15, 0.2) is 558 Å². The molecule has 680 valence electrons. The fraction of sp³-hybridized carbons (Fsp3) is 0. The molecule has 0 spiro atoms. The highest BCUT2D eigenvalue weighted by Crippen LogP contribution is 2.42. The first-order valence-electron chi connectivity index (χ1n) is 49.0. The molecule has 26 rings (SSSR count). The Morgan fingerprint density at radius 3 is 0.731 bits per heavy atom. The van der Waals surface area contributed by atoms with E-state index in [1.165, 1.54) is 98.8 Å². The van der Waals surface area contributed by atoms with E-state index in [2.05, 4.69) is 531 Å². The number of para-hydroxylation sites is 2. The molecule has 145 heavy (non-hydrogen) atoms. The average Bonchev–Trinajstić information content (AvgIpc) is 1.48. The molecular formula is C137H92N8. The molecule has 0 amide bonds. The second-order valence-corrected chi connectivity index (χ2v) is 36.3. The molecule has 26 aromatic rings. The highest BCUT2D eigenvalue weighted by Gasteiger charge is 2.21. The van der Waals surface area contributed by atoms with E-state index < -0.39 is 0 Å². The molecule has 0 N–H and O–H groups in total. The SMILES string of the molecule is c1ccc(-c2ccc(-c3cc(-c4cccc(-c5ccc6c7ccccc7n(-c7ccccc7)c6c5)c4)nc(-c4ccc5ccccc5c4)n3)cc2)cc1.c1ccc(-c2ccc(-c3cc(-c4cccc(-c5cccc(-c6ccccc6)c5)c4)nc(-c4ccc5ccccc5c4)n3)cc2)cc1.c1ccc(-c2ccc(-c3cc(-c4cccc(-c5cccc(-c6cccnc6)c5)c4)nc(-c4ccc5ccccc5c4)n3)cc2)cc1. The first-order valence-corrected chi connectivity index (χ1v) is 49.0. The van der Waals surface area contributed by atoms with Gasteiger partial charge in [0.25, 0.3) is 0 Å². The lowest BCUT2D eigenvalue weighted by Gasteiger charge is -2.12. The lowest BCUT2D eigenvalue weighted by molar-refractivity contribution is 1.18. The van der Waals surface area contributed by atoms with E-state index in [0.29, 0.717) is 17.5 Å². The largest absolute Gasteiger partial charge is 0.309 e. The zero-order valence-corrected chi connectivity index (χ0v) is 79.2. The summed E-state index contributed by atoms with van der Waals surface area (Å²) < 4.78 is 2.37. The van der Waals surface area contributed by atoms with E-state index in [1.54, 1.807) is 6.20 Å². The van der Waals surface area contributed by atoms with Crippen molar-refractivity contribution in [2.75, 3.05) is 0 Å². The van der Waals surface area contributed by atoms with Gasteiger partial charge < -0.3 is 4.57 Å². The van der Waals surface area contributed by atoms with Gasteiger partial charge >= 0.3 is 0 Å². The van der Waals surface area contributed by atoms with Crippen molar-refractivity contribution >= 4 is 54.1 Å². The van der Waals surface area contributed by atoms with Crippen molar-refractivity contribution in [1.29, 1.82) is 0 Å². The third kappa shape index (κ3) is 19.2. The van der Waals surface area contributed by atoms with Crippen LogP contribution in [0.5, 0.6) is 0 Å². The number of aromatic nitrogens is 8. The van der Waals surface area contributed by atoms with Gasteiger partial charge in [0.1, 0.15) is 0 Å². The molecule has 0 atom stereocenters. The molecule has 21 aromatic carbocycles. The summed E-state index contributed by atoms with van der Waals surface area (Å²) in [5.74, 6) is 2.12. The molecule has 0 radical (unpaired) electrons. The summed E-state index contributed by atoms with van der Waals surface area (Å²) in [6.45, 7) is 0. The third-order valence-electron chi connectivity index (χ3n) is 27.1. The summed E-state index contributed by atoms with van der Waals surface area (Å²) in [4.78, 5) is 35.3. The fourth-order valence-electron chi connectivity index (χ4n) is 19.5. The zero-order valence-electron chi connectivity index (χ0n) is 79.2. The maximum Gasteiger partial charge on any atom is 0.160 e. The predicted molar refractivity (Wildman–Crippen MR) is 603 cm³/mol. The van der Waals surface area contributed by atoms with Crippen LogP contribution in [-0.2, 0) is 0 Å². The molecule has 8 nitrogen and oxygen atoms in total. The lowest BCUT2D eigenvalue weighted by atomic mass is 9.97. The van der Waals surface area contributed by atoms with E-state index in [1.807, 2.05) is 30.5 Å². The van der Waals surface area contributed by atoms with Crippen molar-refractivity contribution in [2.24, 2.45) is 0 Å². The number of rotatable bonds is 18. The number of hydrogen-bond acceptors (Lipinski definition) is 7. The Labute approximate surface area is 842 Å². The topological polar surface area (TPSA) is 95.2 Å². The van der Waals surface area contributed by atoms with Crippen molar-refractivity contribution in [3.05, 3.63) is 558 Å². The second-order valence-electron chi connectivity index (χ2n) is 36.3. The van der Waals surface area contributed by atoms with Crippen LogP contribution in [0.3, 0.4) is 0 Å². The summed E-state index contributed by atoms with van der Waals surface area (Å²) in [7, 11) is 0. The normalized spacial score (nSPS) is 11.2. The Kier molecular flexibility index (Phi) is 24.5. The van der Waals surface area contributed by atoms with Crippen LogP contribution < -0.4 is 0 Å². The second kappa shape index (κ2) is 40.2. The molecule has 0 fully saturated rings. The molecule has 0 aliphatic rings. The molecule has 0 aliphatic carbocycles. The Morgan fingerprint density at radius 2 is 0.372 bits per heavy atom. The molecule has 0 saturated heterocycles. The maximum absolute atomic E-state index is 5.22. The summed E-state index contributed by atoms with van der Waals surface area (Å²) in [5.41, 5.74) is 36.7. The van der Waals surface area contributed by atoms with Crippen LogP contribution in [0.2, 0.25) is 0 Å². The molecule has 5 aromatic heterocycles. The third-order valence-corrected chi connectivity index (χ3v) is 27.1. The highest BCUT2D eigenvalue weighted by molar-refractivity contribution is 6.10. The van der Waals surface area contributed by atoms with Gasteiger partial charge in [-0.15, -0.1) is 0 Å². The standard InChI is InChI=1S/C50H33N3.C44H30N2.C43H29N3/c1-3-12-34(13-4-1)36-22-25-37(26-23-36)46-33-47(52-50(51-46)42-27-24-35-14-7-8-15-38(35)31-42)41-17-11-16-39(30-41)40-28-29-45-44-20-9-10-21-48(44)53(49(45)32-40)43-18-5-2-6-19-43;1-3-11-31(12-4-1)34-21-24-35(25-22-34)42-30-43(46-44(45-42)41-26-23-33-15-7-8-16-36(33)29-41)40-20-10-19-39(28-40)38-18-9-17-37(27-38)32-13-5-2-6-14-32;1-2-9-30(10-3-1)32-18-21-33(22-19-32)41-28-42(46-43(45-41)39-23-20-31-11-4-5-12-34(31)27-39)38-16-7-14-36(26-38)35-13-6-15-37(25-35)40-17-8-24-44-29-40/h1-33H;1-30H;1-29H. The van der Waals surface area contributed by atoms with Crippen LogP contribution in [0.4, 0.5) is 0 Å². The molecule has 5 heterocycles. The minimum Gasteiger partial charge on any atom is -0.309 e. The monoisotopic (exact) mass is 1850 g/mol. The van der Waals surface area contributed by atoms with E-state index in [9.17, 15) is 0 Å². The van der Waals surface area contributed by atoms with Gasteiger partial charge in [-0.3, -0.25) is 4.98 Å². The van der Waals surface area contributed by atoms with E-state index in [0.717, 1.165) is 134 Å². The Hall–Kier alpha value is -19.4. The van der Waals surface area contributed by atoms with Crippen LogP contribution in [0.25, 0.3) is 251 Å². The predicted octanol–water partition coefficient (Wildman–Crippen LogP) is 35.7. The lowest BCUT2D eigenvalue weighted by Crippen LogP contribution is -1.96. The van der Waals surface area contributed by atoms with Crippen molar-refractivity contribution in [1.82, 2.24) is 39.5 Å². The Balaban J connectivity index is 0.000000117. The molecule has 0 saturated carbocycles. The first kappa shape index (κ1) is 88.3. The molecule has 8 heteroatoms. The summed E-state index contributed by atoms with van der Waals surface area (Å²) in [6, 6.07) is 192. The van der Waals surface area contributed by atoms with Gasteiger partial charge in [-0.1, -0.05) is 449 Å². The molecule has 0 unspecified atom stereocenters. The first-order chi connectivity index (χ1) is 71.8. The fourth-order valence-corrected chi connectivity index (χ4v) is 19.5. The molecule has 0 aliphatic heterocycles. The van der Waals surface area contributed by atoms with Gasteiger partial charge in [-0.25, -0.2) is 29.9 Å². The maximum atomic E-state index is 5.22. The van der Waals surface area contributed by atoms with E-state index >= 15 is 0 Å². The minimum absolute atomic E-state index is 0.703. The van der Waals surface area contributed by atoms with Gasteiger partial charge in [-0.05, 0) is 213 Å². The van der Waals surface area contributed by atoms with Crippen LogP contribution in [0, 0.1) is 0 Å². The average molecular weight is 1850 g/mol. The van der Waals surface area contributed by atoms with E-state index in [4.69, 9.17) is 29.9 Å². The number of hydrogen-bond donors (Lipinski definition) is 0. The quantitative estimate of drug-likeness (QED) is 0.0844. The summed E-state index contributed by atoms with van der Waals surface area (Å²) in [6.07, 6.45) is 3.70. The van der Waals surface area contributed by atoms with Gasteiger partial charge in [0, 0.05) is 84.5 Å². The number of benzene rings is 21.